The molecule has 1 atom stereocenters. The summed E-state index contributed by atoms with van der Waals surface area (Å²) in [4.78, 5) is 0. The van der Waals surface area contributed by atoms with Crippen LogP contribution in [0.2, 0.25) is 0 Å². The standard InChI is InChI=1S/C25H40O2/c1-3-4-5-6-7-8-9-10-11-12-13-14-15-17-23-18-16-19-24(20-23)26-21-25(2)22-27-25/h12-13,16,18-20H,3-11,14-15,17,21-22H2,1-2H3/b13-12+. The Labute approximate surface area is 167 Å². The van der Waals surface area contributed by atoms with Gasteiger partial charge in [0.05, 0.1) is 6.61 Å². The molecule has 1 aliphatic heterocycles. The summed E-state index contributed by atoms with van der Waals surface area (Å²) >= 11 is 0. The Hall–Kier alpha value is -1.28. The van der Waals surface area contributed by atoms with Crippen LogP contribution >= 0.6 is 0 Å². The van der Waals surface area contributed by atoms with E-state index < -0.39 is 0 Å². The van der Waals surface area contributed by atoms with Gasteiger partial charge in [0.25, 0.3) is 0 Å². The van der Waals surface area contributed by atoms with Gasteiger partial charge in [-0.25, -0.2) is 0 Å². The van der Waals surface area contributed by atoms with Crippen molar-refractivity contribution in [2.75, 3.05) is 13.2 Å². The van der Waals surface area contributed by atoms with Gasteiger partial charge in [0.2, 0.25) is 0 Å². The van der Waals surface area contributed by atoms with Gasteiger partial charge in [-0.05, 0) is 56.7 Å². The molecule has 1 heterocycles. The first-order chi connectivity index (χ1) is 13.2. The largest absolute Gasteiger partial charge is 0.490 e. The number of rotatable bonds is 16. The number of hydrogen-bond donors (Lipinski definition) is 0. The molecule has 0 bridgehead atoms. The van der Waals surface area contributed by atoms with Crippen molar-refractivity contribution in [2.24, 2.45) is 0 Å². The third-order valence-electron chi connectivity index (χ3n) is 5.31. The summed E-state index contributed by atoms with van der Waals surface area (Å²) in [7, 11) is 0. The lowest BCUT2D eigenvalue weighted by Crippen LogP contribution is -2.16. The lowest BCUT2D eigenvalue weighted by molar-refractivity contribution is 0.202. The Morgan fingerprint density at radius 1 is 0.963 bits per heavy atom. The zero-order valence-electron chi connectivity index (χ0n) is 17.7. The monoisotopic (exact) mass is 372 g/mol. The molecule has 1 aromatic carbocycles. The summed E-state index contributed by atoms with van der Waals surface area (Å²) < 4.78 is 11.2. The molecule has 0 saturated carbocycles. The Morgan fingerprint density at radius 3 is 2.33 bits per heavy atom. The van der Waals surface area contributed by atoms with Gasteiger partial charge < -0.3 is 9.47 Å². The molecule has 2 heteroatoms. The van der Waals surface area contributed by atoms with E-state index in [4.69, 9.17) is 9.47 Å². The molecule has 0 N–H and O–H groups in total. The van der Waals surface area contributed by atoms with Crippen LogP contribution in [0.5, 0.6) is 5.75 Å². The van der Waals surface area contributed by atoms with Gasteiger partial charge in [-0.2, -0.15) is 0 Å². The number of epoxide rings is 1. The van der Waals surface area contributed by atoms with Gasteiger partial charge in [0.15, 0.2) is 0 Å². The van der Waals surface area contributed by atoms with Crippen LogP contribution in [0, 0.1) is 0 Å². The minimum Gasteiger partial charge on any atom is -0.490 e. The van der Waals surface area contributed by atoms with Gasteiger partial charge in [-0.1, -0.05) is 76.2 Å². The molecule has 0 aromatic heterocycles. The van der Waals surface area contributed by atoms with E-state index >= 15 is 0 Å². The Balaban J connectivity index is 1.46. The van der Waals surface area contributed by atoms with Gasteiger partial charge in [0.1, 0.15) is 18.0 Å². The molecule has 1 unspecified atom stereocenters. The summed E-state index contributed by atoms with van der Waals surface area (Å²) in [6.45, 7) is 5.84. The maximum Gasteiger partial charge on any atom is 0.123 e. The molecule has 1 aromatic rings. The summed E-state index contributed by atoms with van der Waals surface area (Å²) in [5.41, 5.74) is 1.32. The number of allylic oxidation sites excluding steroid dienone is 2. The molecule has 1 fully saturated rings. The zero-order valence-corrected chi connectivity index (χ0v) is 17.7. The van der Waals surface area contributed by atoms with Crippen LogP contribution in [0.15, 0.2) is 36.4 Å². The normalized spacial score (nSPS) is 18.9. The van der Waals surface area contributed by atoms with Gasteiger partial charge in [-0.3, -0.25) is 0 Å². The average Bonchev–Trinajstić information content (AvgIpc) is 3.42. The van der Waals surface area contributed by atoms with Crippen molar-refractivity contribution >= 4 is 0 Å². The molecular formula is C25H40O2. The van der Waals surface area contributed by atoms with E-state index in [1.807, 2.05) is 6.07 Å². The third kappa shape index (κ3) is 10.6. The van der Waals surface area contributed by atoms with E-state index in [2.05, 4.69) is 44.2 Å². The summed E-state index contributed by atoms with van der Waals surface area (Å²) in [6, 6.07) is 8.51. The molecule has 0 aliphatic carbocycles. The van der Waals surface area contributed by atoms with Crippen LogP contribution < -0.4 is 4.74 Å². The van der Waals surface area contributed by atoms with Crippen LogP contribution in [-0.2, 0) is 11.2 Å². The first-order valence-electron chi connectivity index (χ1n) is 11.2. The van der Waals surface area contributed by atoms with Crippen molar-refractivity contribution < 1.29 is 9.47 Å². The van der Waals surface area contributed by atoms with E-state index in [1.54, 1.807) is 0 Å². The molecule has 1 saturated heterocycles. The van der Waals surface area contributed by atoms with Gasteiger partial charge >= 0.3 is 0 Å². The number of unbranched alkanes of at least 4 members (excludes halogenated alkanes) is 9. The minimum atomic E-state index is -0.0458. The van der Waals surface area contributed by atoms with Crippen molar-refractivity contribution in [3.63, 3.8) is 0 Å². The number of ether oxygens (including phenoxy) is 2. The summed E-state index contributed by atoms with van der Waals surface area (Å²) in [6.07, 6.45) is 20.7. The van der Waals surface area contributed by atoms with E-state index in [9.17, 15) is 0 Å². The van der Waals surface area contributed by atoms with Crippen LogP contribution in [-0.4, -0.2) is 18.8 Å². The van der Waals surface area contributed by atoms with Crippen LogP contribution in [0.3, 0.4) is 0 Å². The van der Waals surface area contributed by atoms with Crippen molar-refractivity contribution in [3.8, 4) is 5.75 Å². The third-order valence-corrected chi connectivity index (χ3v) is 5.31. The number of benzene rings is 1. The topological polar surface area (TPSA) is 21.8 Å². The Bertz CT molecular complexity index is 531. The highest BCUT2D eigenvalue weighted by atomic mass is 16.6. The van der Waals surface area contributed by atoms with Crippen molar-refractivity contribution in [1.29, 1.82) is 0 Å². The Kier molecular flexibility index (Phi) is 10.6. The minimum absolute atomic E-state index is 0.0458. The molecule has 152 valence electrons. The molecule has 27 heavy (non-hydrogen) atoms. The first kappa shape index (κ1) is 22.0. The van der Waals surface area contributed by atoms with E-state index in [1.165, 1.54) is 76.2 Å². The van der Waals surface area contributed by atoms with Gasteiger partial charge in [0, 0.05) is 0 Å². The lowest BCUT2D eigenvalue weighted by Gasteiger charge is -2.10. The van der Waals surface area contributed by atoms with E-state index in [0.29, 0.717) is 6.61 Å². The van der Waals surface area contributed by atoms with Crippen LogP contribution in [0.4, 0.5) is 0 Å². The van der Waals surface area contributed by atoms with Crippen LogP contribution in [0.25, 0.3) is 0 Å². The molecule has 2 rings (SSSR count). The van der Waals surface area contributed by atoms with E-state index in [0.717, 1.165) is 18.8 Å². The van der Waals surface area contributed by atoms with Gasteiger partial charge in [-0.15, -0.1) is 0 Å². The summed E-state index contributed by atoms with van der Waals surface area (Å²) in [5.74, 6) is 0.967. The highest BCUT2D eigenvalue weighted by Gasteiger charge is 2.40. The molecule has 1 aliphatic rings. The second-order valence-corrected chi connectivity index (χ2v) is 8.30. The SMILES string of the molecule is CCCCCCCCCC/C=C/CCCc1cccc(OCC2(C)CO2)c1. The molecule has 0 spiro atoms. The fraction of sp³-hybridized carbons (Fsp3) is 0.680. The molecule has 0 amide bonds. The van der Waals surface area contributed by atoms with Crippen LogP contribution in [0.1, 0.15) is 90.0 Å². The zero-order chi connectivity index (χ0) is 19.2. The second kappa shape index (κ2) is 13.0. The highest BCUT2D eigenvalue weighted by Crippen LogP contribution is 2.27. The first-order valence-corrected chi connectivity index (χ1v) is 11.2. The quantitative estimate of drug-likeness (QED) is 0.173. The summed E-state index contributed by atoms with van der Waals surface area (Å²) in [5, 5.41) is 0. The lowest BCUT2D eigenvalue weighted by atomic mass is 10.1. The molecular weight excluding hydrogens is 332 g/mol. The molecule has 2 nitrogen and oxygen atoms in total. The predicted molar refractivity (Wildman–Crippen MR) is 116 cm³/mol. The van der Waals surface area contributed by atoms with E-state index in [-0.39, 0.29) is 5.60 Å². The predicted octanol–water partition coefficient (Wildman–Crippen LogP) is 7.26. The maximum absolute atomic E-state index is 5.85. The fourth-order valence-corrected chi connectivity index (χ4v) is 3.29. The molecule has 0 radical (unpaired) electrons. The average molecular weight is 373 g/mol. The highest BCUT2D eigenvalue weighted by molar-refractivity contribution is 5.28. The maximum atomic E-state index is 5.85. The Morgan fingerprint density at radius 2 is 1.63 bits per heavy atom. The number of hydrogen-bond acceptors (Lipinski definition) is 2. The number of aryl methyl sites for hydroxylation is 1. The van der Waals surface area contributed by atoms with Crippen molar-refractivity contribution in [2.45, 2.75) is 96.5 Å². The smallest absolute Gasteiger partial charge is 0.123 e. The fourth-order valence-electron chi connectivity index (χ4n) is 3.29. The second-order valence-electron chi connectivity index (χ2n) is 8.30. The van der Waals surface area contributed by atoms with Crippen molar-refractivity contribution in [3.05, 3.63) is 42.0 Å². The van der Waals surface area contributed by atoms with Crippen molar-refractivity contribution in [1.82, 2.24) is 0 Å².